The number of aromatic nitrogens is 1. The van der Waals surface area contributed by atoms with Gasteiger partial charge in [-0.1, -0.05) is 19.4 Å². The average molecular weight is 385 g/mol. The molecule has 9 heteroatoms. The molecule has 0 aliphatic carbocycles. The van der Waals surface area contributed by atoms with Crippen molar-refractivity contribution in [3.05, 3.63) is 41.6 Å². The number of anilines is 1. The van der Waals surface area contributed by atoms with Gasteiger partial charge in [0.25, 0.3) is 0 Å². The van der Waals surface area contributed by atoms with Crippen LogP contribution in [0, 0.1) is 11.3 Å². The molecule has 1 aromatic carbocycles. The standard InChI is InChI=1S/C17H18F3N3O2S/c1-3-4-9-26(24,25)22-12-5-7-14(15(10-12)17(18,19)20)16-8-6-13(11-21)23(16)2/h5-8,10,22H,3-4,9H2,1-2H3. The Morgan fingerprint density at radius 1 is 1.23 bits per heavy atom. The van der Waals surface area contributed by atoms with Crippen molar-refractivity contribution in [1.29, 1.82) is 5.26 Å². The molecule has 140 valence electrons. The van der Waals surface area contributed by atoms with E-state index in [9.17, 15) is 21.6 Å². The summed E-state index contributed by atoms with van der Waals surface area (Å²) in [5.74, 6) is -0.157. The minimum Gasteiger partial charge on any atom is -0.335 e. The highest BCUT2D eigenvalue weighted by atomic mass is 32.2. The van der Waals surface area contributed by atoms with Crippen LogP contribution in [0.2, 0.25) is 0 Å². The smallest absolute Gasteiger partial charge is 0.335 e. The van der Waals surface area contributed by atoms with Gasteiger partial charge in [-0.05, 0) is 30.7 Å². The number of nitrogens with zero attached hydrogens (tertiary/aromatic N) is 2. The van der Waals surface area contributed by atoms with Crippen LogP contribution >= 0.6 is 0 Å². The number of rotatable bonds is 6. The lowest BCUT2D eigenvalue weighted by atomic mass is 10.0. The highest BCUT2D eigenvalue weighted by molar-refractivity contribution is 7.92. The molecule has 0 saturated carbocycles. The number of sulfonamides is 1. The monoisotopic (exact) mass is 385 g/mol. The zero-order valence-corrected chi connectivity index (χ0v) is 15.1. The summed E-state index contributed by atoms with van der Waals surface area (Å²) in [6.45, 7) is 1.82. The normalized spacial score (nSPS) is 12.0. The Balaban J connectivity index is 2.49. The minimum absolute atomic E-state index is 0.127. The van der Waals surface area contributed by atoms with Gasteiger partial charge in [-0.15, -0.1) is 0 Å². The third-order valence-electron chi connectivity index (χ3n) is 3.88. The second kappa shape index (κ2) is 7.41. The van der Waals surface area contributed by atoms with E-state index in [1.807, 2.05) is 13.0 Å². The van der Waals surface area contributed by atoms with E-state index in [-0.39, 0.29) is 28.4 Å². The quantitative estimate of drug-likeness (QED) is 0.813. The molecule has 1 heterocycles. The summed E-state index contributed by atoms with van der Waals surface area (Å²) in [5.41, 5.74) is -0.810. The van der Waals surface area contributed by atoms with Crippen LogP contribution < -0.4 is 4.72 Å². The number of nitriles is 1. The van der Waals surface area contributed by atoms with Gasteiger partial charge in [0.15, 0.2) is 0 Å². The van der Waals surface area contributed by atoms with E-state index in [1.54, 1.807) is 0 Å². The fourth-order valence-corrected chi connectivity index (χ4v) is 3.78. The molecule has 1 aromatic heterocycles. The Morgan fingerprint density at radius 2 is 1.92 bits per heavy atom. The highest BCUT2D eigenvalue weighted by Crippen LogP contribution is 2.39. The lowest BCUT2D eigenvalue weighted by Gasteiger charge is -2.16. The first-order chi connectivity index (χ1) is 12.1. The molecule has 1 N–H and O–H groups in total. The molecule has 26 heavy (non-hydrogen) atoms. The maximum Gasteiger partial charge on any atom is 0.417 e. The number of nitrogens with one attached hydrogen (secondary N) is 1. The fourth-order valence-electron chi connectivity index (χ4n) is 2.52. The SMILES string of the molecule is CCCCS(=O)(=O)Nc1ccc(-c2ccc(C#N)n2C)c(C(F)(F)F)c1. The molecule has 0 aliphatic rings. The third-order valence-corrected chi connectivity index (χ3v) is 5.25. The van der Waals surface area contributed by atoms with Crippen LogP contribution in [0.3, 0.4) is 0 Å². The summed E-state index contributed by atoms with van der Waals surface area (Å²) >= 11 is 0. The van der Waals surface area contributed by atoms with Gasteiger partial charge >= 0.3 is 6.18 Å². The van der Waals surface area contributed by atoms with Crippen molar-refractivity contribution in [2.24, 2.45) is 7.05 Å². The second-order valence-electron chi connectivity index (χ2n) is 5.81. The zero-order chi connectivity index (χ0) is 19.5. The van der Waals surface area contributed by atoms with Crippen LogP contribution in [0.4, 0.5) is 18.9 Å². The summed E-state index contributed by atoms with van der Waals surface area (Å²) < 4.78 is 68.0. The summed E-state index contributed by atoms with van der Waals surface area (Å²) in [6.07, 6.45) is -3.61. The first-order valence-electron chi connectivity index (χ1n) is 7.87. The minimum atomic E-state index is -4.68. The lowest BCUT2D eigenvalue weighted by molar-refractivity contribution is -0.137. The molecule has 5 nitrogen and oxygen atoms in total. The van der Waals surface area contributed by atoms with Crippen molar-refractivity contribution in [1.82, 2.24) is 4.57 Å². The molecular weight excluding hydrogens is 367 g/mol. The van der Waals surface area contributed by atoms with Crippen LogP contribution in [-0.4, -0.2) is 18.7 Å². The largest absolute Gasteiger partial charge is 0.417 e. The maximum absolute atomic E-state index is 13.5. The van der Waals surface area contributed by atoms with Gasteiger partial charge in [0.2, 0.25) is 10.0 Å². The van der Waals surface area contributed by atoms with E-state index in [1.165, 1.54) is 35.9 Å². The molecule has 0 aliphatic heterocycles. The van der Waals surface area contributed by atoms with Gasteiger partial charge in [-0.2, -0.15) is 18.4 Å². The zero-order valence-electron chi connectivity index (χ0n) is 14.3. The predicted octanol–water partition coefficient (Wildman–Crippen LogP) is 4.12. The van der Waals surface area contributed by atoms with E-state index in [4.69, 9.17) is 5.26 Å². The van der Waals surface area contributed by atoms with Crippen LogP contribution in [0.25, 0.3) is 11.3 Å². The van der Waals surface area contributed by atoms with E-state index in [0.717, 1.165) is 6.07 Å². The molecular formula is C17H18F3N3O2S. The Morgan fingerprint density at radius 3 is 2.46 bits per heavy atom. The van der Waals surface area contributed by atoms with Crippen LogP contribution in [0.1, 0.15) is 31.0 Å². The van der Waals surface area contributed by atoms with Crippen molar-refractivity contribution in [2.45, 2.75) is 25.9 Å². The number of hydrogen-bond donors (Lipinski definition) is 1. The van der Waals surface area contributed by atoms with Crippen molar-refractivity contribution in [2.75, 3.05) is 10.5 Å². The number of alkyl halides is 3. The molecule has 0 unspecified atom stereocenters. The van der Waals surface area contributed by atoms with Crippen molar-refractivity contribution in [3.8, 4) is 17.3 Å². The Kier molecular flexibility index (Phi) is 5.66. The van der Waals surface area contributed by atoms with Crippen molar-refractivity contribution >= 4 is 15.7 Å². The van der Waals surface area contributed by atoms with Crippen molar-refractivity contribution < 1.29 is 21.6 Å². The van der Waals surface area contributed by atoms with E-state index >= 15 is 0 Å². The third kappa shape index (κ3) is 4.38. The van der Waals surface area contributed by atoms with Gasteiger partial charge in [0.1, 0.15) is 11.8 Å². The van der Waals surface area contributed by atoms with Crippen molar-refractivity contribution in [3.63, 3.8) is 0 Å². The first kappa shape index (κ1) is 19.8. The van der Waals surface area contributed by atoms with E-state index < -0.39 is 21.8 Å². The van der Waals surface area contributed by atoms with Crippen LogP contribution in [0.15, 0.2) is 30.3 Å². The molecule has 0 spiro atoms. The van der Waals surface area contributed by atoms with Gasteiger partial charge in [0.05, 0.1) is 11.3 Å². The Hall–Kier alpha value is -2.47. The molecule has 2 rings (SSSR count). The van der Waals surface area contributed by atoms with E-state index in [0.29, 0.717) is 12.8 Å². The molecule has 2 aromatic rings. The second-order valence-corrected chi connectivity index (χ2v) is 7.65. The number of benzene rings is 1. The van der Waals surface area contributed by atoms with Gasteiger partial charge < -0.3 is 4.57 Å². The summed E-state index contributed by atoms with van der Waals surface area (Å²) in [7, 11) is -2.21. The lowest BCUT2D eigenvalue weighted by Crippen LogP contribution is -2.17. The number of halogens is 3. The molecule has 0 saturated heterocycles. The number of unbranched alkanes of at least 4 members (excludes halogenated alkanes) is 1. The molecule has 0 atom stereocenters. The Bertz CT molecular complexity index is 941. The molecule has 0 radical (unpaired) electrons. The summed E-state index contributed by atoms with van der Waals surface area (Å²) in [6, 6.07) is 8.01. The maximum atomic E-state index is 13.5. The van der Waals surface area contributed by atoms with Crippen LogP contribution in [-0.2, 0) is 23.2 Å². The molecule has 0 bridgehead atoms. The average Bonchev–Trinajstić information content (AvgIpc) is 2.92. The highest BCUT2D eigenvalue weighted by Gasteiger charge is 2.35. The number of hydrogen-bond acceptors (Lipinski definition) is 3. The predicted molar refractivity (Wildman–Crippen MR) is 92.9 cm³/mol. The van der Waals surface area contributed by atoms with Crippen LogP contribution in [0.5, 0.6) is 0 Å². The van der Waals surface area contributed by atoms with Gasteiger partial charge in [-0.25, -0.2) is 8.42 Å². The summed E-state index contributed by atoms with van der Waals surface area (Å²) in [5, 5.41) is 8.98. The molecule has 0 amide bonds. The summed E-state index contributed by atoms with van der Waals surface area (Å²) in [4.78, 5) is 0. The van der Waals surface area contributed by atoms with E-state index in [2.05, 4.69) is 4.72 Å². The fraction of sp³-hybridized carbons (Fsp3) is 0.353. The first-order valence-corrected chi connectivity index (χ1v) is 9.52. The Labute approximate surface area is 150 Å². The molecule has 0 fully saturated rings. The van der Waals surface area contributed by atoms with Gasteiger partial charge in [0, 0.05) is 24.0 Å². The topological polar surface area (TPSA) is 74.9 Å². The van der Waals surface area contributed by atoms with Gasteiger partial charge in [-0.3, -0.25) is 4.72 Å².